The van der Waals surface area contributed by atoms with Crippen molar-refractivity contribution in [2.45, 2.75) is 18.2 Å². The second-order valence-corrected chi connectivity index (χ2v) is 8.12. The lowest BCUT2D eigenvalue weighted by atomic mass is 10.1. The number of anilines is 1. The Morgan fingerprint density at radius 2 is 2.04 bits per heavy atom. The summed E-state index contributed by atoms with van der Waals surface area (Å²) in [4.78, 5) is 22.0. The second-order valence-electron chi connectivity index (χ2n) is 6.04. The van der Waals surface area contributed by atoms with E-state index in [1.165, 1.54) is 0 Å². The lowest BCUT2D eigenvalue weighted by Gasteiger charge is -2.08. The first-order valence-corrected chi connectivity index (χ1v) is 10.1. The second kappa shape index (κ2) is 6.37. The van der Waals surface area contributed by atoms with Crippen LogP contribution in [0.2, 0.25) is 0 Å². The Hall–Kier alpha value is -2.45. The maximum atomic E-state index is 12.9. The first kappa shape index (κ1) is 17.0. The van der Waals surface area contributed by atoms with Crippen molar-refractivity contribution in [2.75, 3.05) is 11.6 Å². The molecule has 26 heavy (non-hydrogen) atoms. The molecular weight excluding hydrogens is 366 g/mol. The maximum absolute atomic E-state index is 12.9. The zero-order valence-corrected chi connectivity index (χ0v) is 16.5. The highest BCUT2D eigenvalue weighted by molar-refractivity contribution is 8.00. The Bertz CT molecular complexity index is 1160. The fourth-order valence-corrected chi connectivity index (χ4v) is 4.54. The predicted molar refractivity (Wildman–Crippen MR) is 107 cm³/mol. The van der Waals surface area contributed by atoms with Gasteiger partial charge in [-0.05, 0) is 44.4 Å². The normalized spacial score (nSPS) is 11.4. The van der Waals surface area contributed by atoms with Crippen LogP contribution in [0.25, 0.3) is 21.3 Å². The summed E-state index contributed by atoms with van der Waals surface area (Å²) >= 11 is 3.24. The van der Waals surface area contributed by atoms with Gasteiger partial charge in [0.25, 0.3) is 5.91 Å². The number of hydrogen-bond donors (Lipinski definition) is 1. The van der Waals surface area contributed by atoms with Crippen LogP contribution < -0.4 is 5.32 Å². The third-order valence-corrected chi connectivity index (χ3v) is 6.15. The van der Waals surface area contributed by atoms with Gasteiger partial charge in [0.1, 0.15) is 0 Å². The molecule has 0 spiro atoms. The summed E-state index contributed by atoms with van der Waals surface area (Å²) in [6.45, 7) is 3.77. The molecule has 0 fully saturated rings. The van der Waals surface area contributed by atoms with Gasteiger partial charge in [-0.15, -0.1) is 11.3 Å². The van der Waals surface area contributed by atoms with Gasteiger partial charge in [-0.1, -0.05) is 11.8 Å². The zero-order chi connectivity index (χ0) is 18.4. The zero-order valence-electron chi connectivity index (χ0n) is 14.8. The van der Waals surface area contributed by atoms with Crippen LogP contribution in [-0.4, -0.2) is 31.9 Å². The number of hydrogen-bond acceptors (Lipinski definition) is 6. The van der Waals surface area contributed by atoms with Crippen molar-refractivity contribution in [3.63, 3.8) is 0 Å². The van der Waals surface area contributed by atoms with Crippen molar-refractivity contribution in [1.29, 1.82) is 0 Å². The van der Waals surface area contributed by atoms with Crippen LogP contribution in [0, 0.1) is 13.8 Å². The highest BCUT2D eigenvalue weighted by Crippen LogP contribution is 2.30. The van der Waals surface area contributed by atoms with Crippen LogP contribution in [0.1, 0.15) is 21.7 Å². The van der Waals surface area contributed by atoms with Crippen molar-refractivity contribution >= 4 is 55.9 Å². The van der Waals surface area contributed by atoms with Crippen LogP contribution >= 0.6 is 23.1 Å². The molecule has 132 valence electrons. The van der Waals surface area contributed by atoms with Crippen molar-refractivity contribution < 1.29 is 4.79 Å². The molecule has 1 amide bonds. The van der Waals surface area contributed by atoms with Crippen LogP contribution in [0.3, 0.4) is 0 Å². The van der Waals surface area contributed by atoms with E-state index >= 15 is 0 Å². The number of aromatic nitrogens is 4. The predicted octanol–water partition coefficient (Wildman–Crippen LogP) is 4.17. The van der Waals surface area contributed by atoms with E-state index in [1.807, 2.05) is 51.4 Å². The van der Waals surface area contributed by atoms with E-state index in [9.17, 15) is 4.79 Å². The number of aryl methyl sites for hydroxylation is 3. The molecule has 0 saturated heterocycles. The molecule has 6 nitrogen and oxygen atoms in total. The van der Waals surface area contributed by atoms with E-state index in [-0.39, 0.29) is 5.91 Å². The number of carbonyl (C=O) groups excluding carboxylic acids is 1. The van der Waals surface area contributed by atoms with Crippen molar-refractivity contribution in [1.82, 2.24) is 19.7 Å². The minimum absolute atomic E-state index is 0.162. The average Bonchev–Trinajstić information content (AvgIpc) is 3.14. The molecule has 3 heterocycles. The highest BCUT2D eigenvalue weighted by Gasteiger charge is 2.18. The van der Waals surface area contributed by atoms with Gasteiger partial charge in [-0.2, -0.15) is 5.10 Å². The molecule has 0 aliphatic heterocycles. The number of thiazole rings is 1. The van der Waals surface area contributed by atoms with E-state index in [2.05, 4.69) is 20.4 Å². The summed E-state index contributed by atoms with van der Waals surface area (Å²) in [5, 5.41) is 8.19. The average molecular weight is 384 g/mol. The molecule has 0 saturated carbocycles. The topological polar surface area (TPSA) is 72.7 Å². The number of nitrogens with one attached hydrogen (secondary N) is 1. The molecule has 0 atom stereocenters. The van der Waals surface area contributed by atoms with E-state index < -0.39 is 0 Å². The molecular formula is C18H17N5OS2. The quantitative estimate of drug-likeness (QED) is 0.538. The summed E-state index contributed by atoms with van der Waals surface area (Å²) in [5.41, 5.74) is 4.59. The molecule has 0 radical (unpaired) electrons. The molecule has 0 bridgehead atoms. The monoisotopic (exact) mass is 383 g/mol. The Labute approximate surface area is 158 Å². The fraction of sp³-hybridized carbons (Fsp3) is 0.222. The first-order valence-electron chi connectivity index (χ1n) is 8.03. The molecule has 0 unspecified atom stereocenters. The Balaban J connectivity index is 1.73. The molecule has 4 rings (SSSR count). The van der Waals surface area contributed by atoms with Gasteiger partial charge in [0.2, 0.25) is 0 Å². The lowest BCUT2D eigenvalue weighted by molar-refractivity contribution is 0.102. The van der Waals surface area contributed by atoms with Crippen LogP contribution in [0.4, 0.5) is 5.69 Å². The standard InChI is InChI=1S/C18H17N5OS2/c1-9-7-12(15-10(2)22-23(3)16(15)19-9)17(24)20-11-5-6-13-14(8-11)26-18(21-13)25-4/h5-8H,1-4H3,(H,20,24). The SMILES string of the molecule is CSc1nc2ccc(NC(=O)c3cc(C)nc4c3c(C)nn4C)cc2s1. The Morgan fingerprint density at radius 3 is 2.81 bits per heavy atom. The molecule has 0 aliphatic carbocycles. The van der Waals surface area contributed by atoms with Crippen molar-refractivity contribution in [2.24, 2.45) is 7.05 Å². The molecule has 0 aliphatic rings. The number of fused-ring (bicyclic) bond motifs is 2. The summed E-state index contributed by atoms with van der Waals surface area (Å²) in [6, 6.07) is 7.59. The number of thioether (sulfide) groups is 1. The van der Waals surface area contributed by atoms with Gasteiger partial charge in [-0.25, -0.2) is 9.97 Å². The fourth-order valence-electron chi connectivity index (χ4n) is 3.02. The summed E-state index contributed by atoms with van der Waals surface area (Å²) in [5.74, 6) is -0.162. The number of pyridine rings is 1. The van der Waals surface area contributed by atoms with Gasteiger partial charge in [-0.3, -0.25) is 9.48 Å². The third-order valence-electron chi connectivity index (χ3n) is 4.14. The minimum atomic E-state index is -0.162. The highest BCUT2D eigenvalue weighted by atomic mass is 32.2. The Morgan fingerprint density at radius 1 is 1.23 bits per heavy atom. The first-order chi connectivity index (χ1) is 12.5. The van der Waals surface area contributed by atoms with Crippen LogP contribution in [-0.2, 0) is 7.05 Å². The number of amides is 1. The van der Waals surface area contributed by atoms with Gasteiger partial charge in [0, 0.05) is 18.4 Å². The van der Waals surface area contributed by atoms with E-state index in [0.29, 0.717) is 5.56 Å². The summed E-state index contributed by atoms with van der Waals surface area (Å²) in [6.07, 6.45) is 2.01. The summed E-state index contributed by atoms with van der Waals surface area (Å²) in [7, 11) is 1.84. The largest absolute Gasteiger partial charge is 0.322 e. The van der Waals surface area contributed by atoms with Crippen molar-refractivity contribution in [3.8, 4) is 0 Å². The molecule has 3 aromatic heterocycles. The van der Waals surface area contributed by atoms with Gasteiger partial charge < -0.3 is 5.32 Å². The molecule has 1 N–H and O–H groups in total. The summed E-state index contributed by atoms with van der Waals surface area (Å²) < 4.78 is 3.78. The van der Waals surface area contributed by atoms with E-state index in [0.717, 1.165) is 42.7 Å². The molecule has 8 heteroatoms. The van der Waals surface area contributed by atoms with Gasteiger partial charge in [0.15, 0.2) is 9.99 Å². The number of carbonyl (C=O) groups is 1. The Kier molecular flexibility index (Phi) is 4.16. The van der Waals surface area contributed by atoms with E-state index in [4.69, 9.17) is 0 Å². The van der Waals surface area contributed by atoms with Gasteiger partial charge in [0.05, 0.1) is 26.9 Å². The van der Waals surface area contributed by atoms with E-state index in [1.54, 1.807) is 27.8 Å². The number of nitrogens with zero attached hydrogens (tertiary/aromatic N) is 4. The third kappa shape index (κ3) is 2.85. The van der Waals surface area contributed by atoms with Crippen LogP contribution in [0.15, 0.2) is 28.6 Å². The number of benzene rings is 1. The smallest absolute Gasteiger partial charge is 0.256 e. The maximum Gasteiger partial charge on any atom is 0.256 e. The molecule has 1 aromatic carbocycles. The lowest BCUT2D eigenvalue weighted by Crippen LogP contribution is -2.13. The van der Waals surface area contributed by atoms with Crippen molar-refractivity contribution in [3.05, 3.63) is 41.2 Å². The van der Waals surface area contributed by atoms with Crippen LogP contribution in [0.5, 0.6) is 0 Å². The molecule has 4 aromatic rings. The van der Waals surface area contributed by atoms with Gasteiger partial charge >= 0.3 is 0 Å². The number of rotatable bonds is 3. The minimum Gasteiger partial charge on any atom is -0.322 e.